The molecule has 0 aliphatic heterocycles. The molecule has 2 heteroatoms. The minimum atomic E-state index is 0.604. The summed E-state index contributed by atoms with van der Waals surface area (Å²) in [7, 11) is 3.89. The number of nitrogens with zero attached hydrogens (tertiary/aromatic N) is 1. The first kappa shape index (κ1) is 5.96. The molecular formula is C4H9ClN+. The van der Waals surface area contributed by atoms with Crippen molar-refractivity contribution in [3.63, 3.8) is 0 Å². The van der Waals surface area contributed by atoms with Crippen molar-refractivity contribution < 1.29 is 4.58 Å². The summed E-state index contributed by atoms with van der Waals surface area (Å²) in [6, 6.07) is 0. The number of alkyl halides is 1. The fourth-order valence-electron chi connectivity index (χ4n) is 0.138. The standard InChI is InChI=1S/C4H9ClN/c1-6(2)4-3-5/h4H,3H2,1-2H3/q+1. The highest BCUT2D eigenvalue weighted by atomic mass is 35.5. The Morgan fingerprint density at radius 2 is 2.17 bits per heavy atom. The van der Waals surface area contributed by atoms with Gasteiger partial charge in [-0.05, 0) is 0 Å². The lowest BCUT2D eigenvalue weighted by molar-refractivity contribution is -0.459. The average molecular weight is 107 g/mol. The third-order valence-corrected chi connectivity index (χ3v) is 0.572. The summed E-state index contributed by atoms with van der Waals surface area (Å²) in [5, 5.41) is 0. The molecule has 0 spiro atoms. The van der Waals surface area contributed by atoms with Gasteiger partial charge in [-0.2, -0.15) is 0 Å². The van der Waals surface area contributed by atoms with Crippen molar-refractivity contribution >= 4 is 17.8 Å². The molecule has 0 heterocycles. The normalized spacial score (nSPS) is 7.83. The van der Waals surface area contributed by atoms with Crippen molar-refractivity contribution in [3.05, 3.63) is 0 Å². The van der Waals surface area contributed by atoms with E-state index in [0.29, 0.717) is 5.88 Å². The zero-order valence-corrected chi connectivity index (χ0v) is 4.87. The number of hydrogen-bond acceptors (Lipinski definition) is 0. The van der Waals surface area contributed by atoms with Crippen LogP contribution in [-0.2, 0) is 0 Å². The quantitative estimate of drug-likeness (QED) is 0.261. The summed E-state index contributed by atoms with van der Waals surface area (Å²) >= 11 is 5.30. The summed E-state index contributed by atoms with van der Waals surface area (Å²) in [5.41, 5.74) is 0. The topological polar surface area (TPSA) is 3.01 Å². The molecule has 0 aromatic heterocycles. The number of hydrogen-bond donors (Lipinski definition) is 0. The van der Waals surface area contributed by atoms with Gasteiger partial charge in [0.25, 0.3) is 0 Å². The van der Waals surface area contributed by atoms with Crippen molar-refractivity contribution in [1.82, 2.24) is 0 Å². The fraction of sp³-hybridized carbons (Fsp3) is 0.750. The highest BCUT2D eigenvalue weighted by Crippen LogP contribution is 1.63. The molecule has 0 aliphatic carbocycles. The van der Waals surface area contributed by atoms with Gasteiger partial charge in [-0.3, -0.25) is 0 Å². The summed E-state index contributed by atoms with van der Waals surface area (Å²) in [5.74, 6) is 0.604. The summed E-state index contributed by atoms with van der Waals surface area (Å²) in [6.07, 6.45) is 1.89. The summed E-state index contributed by atoms with van der Waals surface area (Å²) in [4.78, 5) is 0. The van der Waals surface area contributed by atoms with Crippen molar-refractivity contribution in [2.75, 3.05) is 20.0 Å². The average Bonchev–Trinajstić information content (AvgIpc) is 1.35. The van der Waals surface area contributed by atoms with Crippen molar-refractivity contribution in [2.24, 2.45) is 0 Å². The molecule has 1 nitrogen and oxygen atoms in total. The first-order chi connectivity index (χ1) is 2.77. The predicted molar refractivity (Wildman–Crippen MR) is 28.9 cm³/mol. The van der Waals surface area contributed by atoms with Gasteiger partial charge in [0.1, 0.15) is 14.1 Å². The minimum absolute atomic E-state index is 0.604. The van der Waals surface area contributed by atoms with Gasteiger partial charge in [-0.1, -0.05) is 0 Å². The Labute approximate surface area is 43.2 Å². The molecule has 0 radical (unpaired) electrons. The van der Waals surface area contributed by atoms with Crippen LogP contribution < -0.4 is 0 Å². The molecule has 6 heavy (non-hydrogen) atoms. The Morgan fingerprint density at radius 1 is 1.67 bits per heavy atom. The van der Waals surface area contributed by atoms with Gasteiger partial charge in [0, 0.05) is 0 Å². The van der Waals surface area contributed by atoms with Gasteiger partial charge >= 0.3 is 0 Å². The number of halogens is 1. The van der Waals surface area contributed by atoms with E-state index < -0.39 is 0 Å². The van der Waals surface area contributed by atoms with Crippen LogP contribution in [0.1, 0.15) is 0 Å². The molecule has 0 N–H and O–H groups in total. The second kappa shape index (κ2) is 3.16. The first-order valence-corrected chi connectivity index (χ1v) is 2.36. The first-order valence-electron chi connectivity index (χ1n) is 1.83. The van der Waals surface area contributed by atoms with Crippen LogP contribution in [0.25, 0.3) is 0 Å². The van der Waals surface area contributed by atoms with Crippen molar-refractivity contribution in [2.45, 2.75) is 0 Å². The van der Waals surface area contributed by atoms with E-state index in [4.69, 9.17) is 11.6 Å². The van der Waals surface area contributed by atoms with E-state index in [1.165, 1.54) is 0 Å². The smallest absolute Gasteiger partial charge is 0.154 e. The lowest BCUT2D eigenvalue weighted by Gasteiger charge is -1.75. The monoisotopic (exact) mass is 106 g/mol. The Morgan fingerprint density at radius 3 is 2.17 bits per heavy atom. The SMILES string of the molecule is C[N+](C)=CCCl. The van der Waals surface area contributed by atoms with Crippen LogP contribution in [0.3, 0.4) is 0 Å². The lowest BCUT2D eigenvalue weighted by atomic mass is 10.8. The second-order valence-corrected chi connectivity index (χ2v) is 1.61. The van der Waals surface area contributed by atoms with Crippen LogP contribution in [0.15, 0.2) is 0 Å². The molecule has 0 aromatic carbocycles. The fourth-order valence-corrected chi connectivity index (χ4v) is 0.414. The maximum atomic E-state index is 5.30. The molecule has 0 fully saturated rings. The summed E-state index contributed by atoms with van der Waals surface area (Å²) < 4.78 is 1.92. The maximum Gasteiger partial charge on any atom is 0.154 e. The molecule has 0 aliphatic rings. The van der Waals surface area contributed by atoms with Crippen LogP contribution in [-0.4, -0.2) is 30.8 Å². The molecule has 0 saturated carbocycles. The van der Waals surface area contributed by atoms with E-state index >= 15 is 0 Å². The Balaban J connectivity index is 3.14. The van der Waals surface area contributed by atoms with E-state index in [9.17, 15) is 0 Å². The van der Waals surface area contributed by atoms with E-state index in [2.05, 4.69) is 0 Å². The van der Waals surface area contributed by atoms with Gasteiger partial charge in [-0.25, -0.2) is 4.58 Å². The largest absolute Gasteiger partial charge is 0.244 e. The van der Waals surface area contributed by atoms with Crippen LogP contribution in [0.4, 0.5) is 0 Å². The molecule has 0 rings (SSSR count). The Hall–Kier alpha value is -0.0400. The van der Waals surface area contributed by atoms with Crippen LogP contribution in [0.5, 0.6) is 0 Å². The Kier molecular flexibility index (Phi) is 3.14. The van der Waals surface area contributed by atoms with Gasteiger partial charge < -0.3 is 0 Å². The zero-order valence-electron chi connectivity index (χ0n) is 4.11. The maximum absolute atomic E-state index is 5.30. The van der Waals surface area contributed by atoms with E-state index in [-0.39, 0.29) is 0 Å². The molecule has 0 atom stereocenters. The van der Waals surface area contributed by atoms with E-state index in [1.807, 2.05) is 24.9 Å². The third-order valence-electron chi connectivity index (χ3n) is 0.434. The van der Waals surface area contributed by atoms with Crippen molar-refractivity contribution in [3.8, 4) is 0 Å². The summed E-state index contributed by atoms with van der Waals surface area (Å²) in [6.45, 7) is 0. The molecule has 0 bridgehead atoms. The van der Waals surface area contributed by atoms with Gasteiger partial charge in [-0.15, -0.1) is 11.6 Å². The van der Waals surface area contributed by atoms with E-state index in [1.54, 1.807) is 0 Å². The second-order valence-electron chi connectivity index (χ2n) is 1.30. The Bertz CT molecular complexity index is 54.6. The highest BCUT2D eigenvalue weighted by molar-refractivity contribution is 6.24. The van der Waals surface area contributed by atoms with Gasteiger partial charge in [0.05, 0.1) is 5.88 Å². The van der Waals surface area contributed by atoms with Crippen LogP contribution in [0.2, 0.25) is 0 Å². The minimum Gasteiger partial charge on any atom is -0.244 e. The molecular weight excluding hydrogens is 97.5 g/mol. The van der Waals surface area contributed by atoms with Crippen molar-refractivity contribution in [1.29, 1.82) is 0 Å². The molecule has 0 amide bonds. The highest BCUT2D eigenvalue weighted by Gasteiger charge is 1.74. The van der Waals surface area contributed by atoms with Gasteiger partial charge in [0.2, 0.25) is 0 Å². The zero-order chi connectivity index (χ0) is 4.99. The lowest BCUT2D eigenvalue weighted by Crippen LogP contribution is -1.98. The molecule has 36 valence electrons. The predicted octanol–water partition coefficient (Wildman–Crippen LogP) is 0.568. The van der Waals surface area contributed by atoms with Gasteiger partial charge in [0.15, 0.2) is 6.21 Å². The van der Waals surface area contributed by atoms with E-state index in [0.717, 1.165) is 0 Å². The number of rotatable bonds is 1. The molecule has 0 aromatic rings. The molecule has 0 unspecified atom stereocenters. The third kappa shape index (κ3) is 3.96. The molecule has 0 saturated heterocycles. The van der Waals surface area contributed by atoms with Crippen LogP contribution in [0, 0.1) is 0 Å². The van der Waals surface area contributed by atoms with Crippen LogP contribution >= 0.6 is 11.6 Å².